The van der Waals surface area contributed by atoms with Crippen LogP contribution in [0.4, 0.5) is 4.39 Å². The van der Waals surface area contributed by atoms with E-state index in [0.717, 1.165) is 25.3 Å². The monoisotopic (exact) mass is 275 g/mol. The fourth-order valence-electron chi connectivity index (χ4n) is 2.45. The van der Waals surface area contributed by atoms with Crippen LogP contribution in [0, 0.1) is 12.7 Å². The SMILES string of the molecule is CCCn1ccnc1C(NCC)c1cccc(C)c1F. The van der Waals surface area contributed by atoms with Crippen molar-refractivity contribution in [2.45, 2.75) is 39.8 Å². The van der Waals surface area contributed by atoms with Crippen molar-refractivity contribution in [1.29, 1.82) is 0 Å². The first kappa shape index (κ1) is 14.7. The fraction of sp³-hybridized carbons (Fsp3) is 0.438. The minimum Gasteiger partial charge on any atom is -0.333 e. The molecule has 1 unspecified atom stereocenters. The van der Waals surface area contributed by atoms with E-state index < -0.39 is 0 Å². The summed E-state index contributed by atoms with van der Waals surface area (Å²) in [4.78, 5) is 4.43. The Bertz CT molecular complexity index is 563. The molecule has 3 nitrogen and oxygen atoms in total. The highest BCUT2D eigenvalue weighted by molar-refractivity contribution is 5.31. The van der Waals surface area contributed by atoms with Gasteiger partial charge in [0.1, 0.15) is 11.6 Å². The van der Waals surface area contributed by atoms with Crippen LogP contribution in [0.3, 0.4) is 0 Å². The zero-order chi connectivity index (χ0) is 14.5. The summed E-state index contributed by atoms with van der Waals surface area (Å²) in [5.74, 6) is 0.725. The Hall–Kier alpha value is -1.68. The molecule has 0 aliphatic rings. The van der Waals surface area contributed by atoms with Crippen LogP contribution in [-0.2, 0) is 6.54 Å². The molecule has 0 saturated heterocycles. The first-order valence-electron chi connectivity index (χ1n) is 7.18. The van der Waals surface area contributed by atoms with E-state index in [1.807, 2.05) is 25.3 Å². The maximum atomic E-state index is 14.4. The van der Waals surface area contributed by atoms with E-state index in [1.165, 1.54) is 0 Å². The van der Waals surface area contributed by atoms with E-state index >= 15 is 0 Å². The molecule has 1 heterocycles. The van der Waals surface area contributed by atoms with Gasteiger partial charge < -0.3 is 9.88 Å². The third kappa shape index (κ3) is 2.90. The van der Waals surface area contributed by atoms with Crippen LogP contribution in [0.2, 0.25) is 0 Å². The molecule has 108 valence electrons. The summed E-state index contributed by atoms with van der Waals surface area (Å²) in [7, 11) is 0. The molecule has 1 N–H and O–H groups in total. The van der Waals surface area contributed by atoms with Crippen molar-refractivity contribution in [3.63, 3.8) is 0 Å². The van der Waals surface area contributed by atoms with Crippen molar-refractivity contribution in [1.82, 2.24) is 14.9 Å². The molecule has 20 heavy (non-hydrogen) atoms. The average molecular weight is 275 g/mol. The number of imidazole rings is 1. The number of hydrogen-bond donors (Lipinski definition) is 1. The van der Waals surface area contributed by atoms with Gasteiger partial charge in [-0.25, -0.2) is 9.37 Å². The molecule has 1 aromatic heterocycles. The van der Waals surface area contributed by atoms with Crippen LogP contribution in [0.25, 0.3) is 0 Å². The second kappa shape index (κ2) is 6.66. The van der Waals surface area contributed by atoms with Gasteiger partial charge >= 0.3 is 0 Å². The third-order valence-electron chi connectivity index (χ3n) is 3.41. The van der Waals surface area contributed by atoms with Crippen molar-refractivity contribution in [2.24, 2.45) is 0 Å². The van der Waals surface area contributed by atoms with Crippen molar-refractivity contribution < 1.29 is 4.39 Å². The summed E-state index contributed by atoms with van der Waals surface area (Å²) in [6, 6.07) is 5.31. The average Bonchev–Trinajstić information content (AvgIpc) is 2.88. The molecule has 4 heteroatoms. The van der Waals surface area contributed by atoms with Gasteiger partial charge in [-0.3, -0.25) is 0 Å². The van der Waals surface area contributed by atoms with Crippen molar-refractivity contribution in [3.05, 3.63) is 53.4 Å². The lowest BCUT2D eigenvalue weighted by Crippen LogP contribution is -2.26. The van der Waals surface area contributed by atoms with E-state index in [0.29, 0.717) is 11.1 Å². The molecule has 0 spiro atoms. The number of benzene rings is 1. The van der Waals surface area contributed by atoms with Gasteiger partial charge in [0, 0.05) is 24.5 Å². The highest BCUT2D eigenvalue weighted by atomic mass is 19.1. The molecule has 0 saturated carbocycles. The molecule has 0 radical (unpaired) electrons. The molecular weight excluding hydrogens is 253 g/mol. The normalized spacial score (nSPS) is 12.6. The van der Waals surface area contributed by atoms with Crippen LogP contribution < -0.4 is 5.32 Å². The standard InChI is InChI=1S/C16H22FN3/c1-4-10-20-11-9-19-16(20)15(18-5-2)13-8-6-7-12(3)14(13)17/h6-9,11,15,18H,4-5,10H2,1-3H3. The summed E-state index contributed by atoms with van der Waals surface area (Å²) in [5, 5.41) is 3.34. The van der Waals surface area contributed by atoms with E-state index in [9.17, 15) is 4.39 Å². The van der Waals surface area contributed by atoms with Crippen LogP contribution in [0.5, 0.6) is 0 Å². The first-order chi connectivity index (χ1) is 9.69. The maximum Gasteiger partial charge on any atom is 0.131 e. The Kier molecular flexibility index (Phi) is 4.90. The van der Waals surface area contributed by atoms with Gasteiger partial charge in [0.15, 0.2) is 0 Å². The van der Waals surface area contributed by atoms with Crippen molar-refractivity contribution in [2.75, 3.05) is 6.54 Å². The van der Waals surface area contributed by atoms with Gasteiger partial charge in [0.05, 0.1) is 6.04 Å². The van der Waals surface area contributed by atoms with Crippen LogP contribution >= 0.6 is 0 Å². The second-order valence-electron chi connectivity index (χ2n) is 4.95. The number of aromatic nitrogens is 2. The molecule has 0 aliphatic carbocycles. The minimum absolute atomic E-state index is 0.149. The Morgan fingerprint density at radius 3 is 2.85 bits per heavy atom. The first-order valence-corrected chi connectivity index (χ1v) is 7.18. The lowest BCUT2D eigenvalue weighted by atomic mass is 10.0. The van der Waals surface area contributed by atoms with Crippen molar-refractivity contribution in [3.8, 4) is 0 Å². The highest BCUT2D eigenvalue weighted by Gasteiger charge is 2.21. The third-order valence-corrected chi connectivity index (χ3v) is 3.41. The number of nitrogens with zero attached hydrogens (tertiary/aromatic N) is 2. The lowest BCUT2D eigenvalue weighted by Gasteiger charge is -2.20. The van der Waals surface area contributed by atoms with Gasteiger partial charge in [-0.15, -0.1) is 0 Å². The molecule has 0 amide bonds. The number of hydrogen-bond acceptors (Lipinski definition) is 2. The molecule has 1 aromatic carbocycles. The number of aryl methyl sites for hydroxylation is 2. The van der Waals surface area contributed by atoms with Crippen LogP contribution in [-0.4, -0.2) is 16.1 Å². The topological polar surface area (TPSA) is 29.9 Å². The van der Waals surface area contributed by atoms with Gasteiger partial charge in [0.25, 0.3) is 0 Å². The zero-order valence-electron chi connectivity index (χ0n) is 12.4. The number of nitrogens with one attached hydrogen (secondary N) is 1. The Balaban J connectivity index is 2.45. The Labute approximate surface area is 119 Å². The highest BCUT2D eigenvalue weighted by Crippen LogP contribution is 2.25. The van der Waals surface area contributed by atoms with Gasteiger partial charge in [0.2, 0.25) is 0 Å². The molecule has 0 fully saturated rings. The second-order valence-corrected chi connectivity index (χ2v) is 4.95. The van der Waals surface area contributed by atoms with Crippen LogP contribution in [0.1, 0.15) is 43.3 Å². The predicted octanol–water partition coefficient (Wildman–Crippen LogP) is 3.44. The summed E-state index contributed by atoms with van der Waals surface area (Å²) >= 11 is 0. The molecule has 2 rings (SSSR count). The number of rotatable bonds is 6. The number of halogens is 1. The summed E-state index contributed by atoms with van der Waals surface area (Å²) < 4.78 is 16.5. The summed E-state index contributed by atoms with van der Waals surface area (Å²) in [6.07, 6.45) is 4.76. The fourth-order valence-corrected chi connectivity index (χ4v) is 2.45. The van der Waals surface area contributed by atoms with Gasteiger partial charge in [-0.05, 0) is 25.5 Å². The van der Waals surface area contributed by atoms with Crippen LogP contribution in [0.15, 0.2) is 30.6 Å². The quantitative estimate of drug-likeness (QED) is 0.875. The smallest absolute Gasteiger partial charge is 0.131 e. The summed E-state index contributed by atoms with van der Waals surface area (Å²) in [6.45, 7) is 7.59. The minimum atomic E-state index is -0.207. The summed E-state index contributed by atoms with van der Waals surface area (Å²) in [5.41, 5.74) is 1.33. The van der Waals surface area contributed by atoms with E-state index in [4.69, 9.17) is 0 Å². The van der Waals surface area contributed by atoms with E-state index in [1.54, 1.807) is 19.2 Å². The molecule has 2 aromatic rings. The van der Waals surface area contributed by atoms with Gasteiger partial charge in [-0.2, -0.15) is 0 Å². The Morgan fingerprint density at radius 2 is 2.15 bits per heavy atom. The van der Waals surface area contributed by atoms with E-state index in [2.05, 4.69) is 21.8 Å². The zero-order valence-corrected chi connectivity index (χ0v) is 12.4. The van der Waals surface area contributed by atoms with Gasteiger partial charge in [-0.1, -0.05) is 32.0 Å². The molecule has 1 atom stereocenters. The molecule has 0 bridgehead atoms. The largest absolute Gasteiger partial charge is 0.333 e. The Morgan fingerprint density at radius 1 is 1.35 bits per heavy atom. The molecule has 0 aliphatic heterocycles. The van der Waals surface area contributed by atoms with E-state index in [-0.39, 0.29) is 11.9 Å². The van der Waals surface area contributed by atoms with Crippen molar-refractivity contribution >= 4 is 0 Å². The lowest BCUT2D eigenvalue weighted by molar-refractivity contribution is 0.512. The predicted molar refractivity (Wildman–Crippen MR) is 79.2 cm³/mol. The maximum absolute atomic E-state index is 14.4. The molecular formula is C16H22FN3.